The van der Waals surface area contributed by atoms with Crippen molar-refractivity contribution in [1.82, 2.24) is 20.4 Å². The van der Waals surface area contributed by atoms with E-state index in [0.717, 1.165) is 19.3 Å². The van der Waals surface area contributed by atoms with Crippen molar-refractivity contribution in [2.24, 2.45) is 11.8 Å². The maximum atomic E-state index is 12.8. The number of amides is 4. The number of nitrogens with one attached hydrogen (secondary N) is 2. The van der Waals surface area contributed by atoms with E-state index in [0.29, 0.717) is 51.4 Å². The average molecular weight is 497 g/mol. The number of hydrogen-bond donors (Lipinski definition) is 3. The highest BCUT2D eigenvalue weighted by molar-refractivity contribution is 5.84. The highest BCUT2D eigenvalue weighted by atomic mass is 16.6. The van der Waals surface area contributed by atoms with Gasteiger partial charge >= 0.3 is 12.1 Å². The van der Waals surface area contributed by atoms with Gasteiger partial charge in [0.25, 0.3) is 0 Å². The fourth-order valence-electron chi connectivity index (χ4n) is 4.43. The maximum Gasteiger partial charge on any atom is 0.410 e. The van der Waals surface area contributed by atoms with Gasteiger partial charge in [-0.05, 0) is 58.8 Å². The van der Waals surface area contributed by atoms with E-state index < -0.39 is 29.4 Å². The molecule has 1 unspecified atom stereocenters. The highest BCUT2D eigenvalue weighted by Crippen LogP contribution is 2.25. The second-order valence-corrected chi connectivity index (χ2v) is 10.5. The molecule has 0 aliphatic carbocycles. The summed E-state index contributed by atoms with van der Waals surface area (Å²) in [4.78, 5) is 63.4. The number of rotatable bonds is 8. The molecule has 198 valence electrons. The summed E-state index contributed by atoms with van der Waals surface area (Å²) in [7, 11) is 0. The number of carbonyl (C=O) groups is 5. The lowest BCUT2D eigenvalue weighted by Crippen LogP contribution is -2.51. The molecule has 0 radical (unpaired) electrons. The summed E-state index contributed by atoms with van der Waals surface area (Å²) in [6.45, 7) is 8.69. The fourth-order valence-corrected chi connectivity index (χ4v) is 4.43. The van der Waals surface area contributed by atoms with Crippen molar-refractivity contribution in [1.29, 1.82) is 0 Å². The number of carbonyl (C=O) groups excluding carboxylic acids is 4. The SMILES string of the molecule is CC(=O)NC(CNC(=O)[C@@H]1CCCN(C(=O)CCC2CCN(C(=O)OC(C)(C)C)CC2)C1)C(=O)O. The Morgan fingerprint density at radius 1 is 1.03 bits per heavy atom. The Morgan fingerprint density at radius 3 is 2.26 bits per heavy atom. The molecule has 3 N–H and O–H groups in total. The molecule has 2 heterocycles. The molecule has 2 saturated heterocycles. The molecule has 2 aliphatic heterocycles. The third-order valence-electron chi connectivity index (χ3n) is 6.33. The number of carboxylic acids is 1. The molecule has 35 heavy (non-hydrogen) atoms. The standard InChI is InChI=1S/C24H40N4O7/c1-16(29)26-19(22(32)33)14-25-21(31)18-6-5-11-28(15-18)20(30)8-7-17-9-12-27(13-10-17)23(34)35-24(2,3)4/h17-19H,5-15H2,1-4H3,(H,25,31)(H,26,29)(H,32,33)/t18-,19?/m1/s1. The number of carboxylic acid groups (broad SMARTS) is 1. The topological polar surface area (TPSA) is 145 Å². The summed E-state index contributed by atoms with van der Waals surface area (Å²) >= 11 is 0. The van der Waals surface area contributed by atoms with Crippen LogP contribution in [0.5, 0.6) is 0 Å². The van der Waals surface area contributed by atoms with Crippen LogP contribution in [0.2, 0.25) is 0 Å². The molecule has 2 atom stereocenters. The number of hydrogen-bond acceptors (Lipinski definition) is 6. The van der Waals surface area contributed by atoms with Gasteiger partial charge in [-0.25, -0.2) is 9.59 Å². The van der Waals surface area contributed by atoms with Crippen LogP contribution in [0.15, 0.2) is 0 Å². The number of nitrogens with zero attached hydrogens (tertiary/aromatic N) is 2. The number of piperidine rings is 2. The summed E-state index contributed by atoms with van der Waals surface area (Å²) < 4.78 is 5.42. The minimum atomic E-state index is -1.22. The molecule has 2 rings (SSSR count). The molecule has 0 spiro atoms. The second-order valence-electron chi connectivity index (χ2n) is 10.5. The van der Waals surface area contributed by atoms with Crippen LogP contribution in [0.3, 0.4) is 0 Å². The zero-order chi connectivity index (χ0) is 26.2. The molecule has 2 aliphatic rings. The molecule has 0 aromatic carbocycles. The molecule has 0 aromatic heterocycles. The van der Waals surface area contributed by atoms with Crippen molar-refractivity contribution in [3.8, 4) is 0 Å². The number of ether oxygens (including phenoxy) is 1. The summed E-state index contributed by atoms with van der Waals surface area (Å²) in [5, 5.41) is 14.0. The average Bonchev–Trinajstić information content (AvgIpc) is 2.78. The zero-order valence-corrected chi connectivity index (χ0v) is 21.3. The summed E-state index contributed by atoms with van der Waals surface area (Å²) in [5.41, 5.74) is -0.521. The number of likely N-dealkylation sites (tertiary alicyclic amines) is 2. The smallest absolute Gasteiger partial charge is 0.410 e. The van der Waals surface area contributed by atoms with E-state index in [9.17, 15) is 24.0 Å². The van der Waals surface area contributed by atoms with Crippen LogP contribution in [0.25, 0.3) is 0 Å². The minimum absolute atomic E-state index is 0.0127. The summed E-state index contributed by atoms with van der Waals surface area (Å²) in [6, 6.07) is -1.19. The van der Waals surface area contributed by atoms with Crippen LogP contribution >= 0.6 is 0 Å². The minimum Gasteiger partial charge on any atom is -0.480 e. The van der Waals surface area contributed by atoms with Crippen molar-refractivity contribution in [3.63, 3.8) is 0 Å². The van der Waals surface area contributed by atoms with Gasteiger partial charge in [-0.1, -0.05) is 0 Å². The molecule has 11 heteroatoms. The van der Waals surface area contributed by atoms with E-state index in [-0.39, 0.29) is 24.5 Å². The van der Waals surface area contributed by atoms with Crippen molar-refractivity contribution < 1.29 is 33.8 Å². The van der Waals surface area contributed by atoms with E-state index in [4.69, 9.17) is 9.84 Å². The Balaban J connectivity index is 1.74. The van der Waals surface area contributed by atoms with Crippen molar-refractivity contribution >= 4 is 29.8 Å². The molecule has 11 nitrogen and oxygen atoms in total. The predicted molar refractivity (Wildman–Crippen MR) is 127 cm³/mol. The van der Waals surface area contributed by atoms with Crippen molar-refractivity contribution in [2.45, 2.75) is 77.9 Å². The Bertz CT molecular complexity index is 787. The third-order valence-corrected chi connectivity index (χ3v) is 6.33. The van der Waals surface area contributed by atoms with E-state index >= 15 is 0 Å². The Hall–Kier alpha value is -2.85. The first-order valence-corrected chi connectivity index (χ1v) is 12.4. The molecule has 0 saturated carbocycles. The molecular formula is C24H40N4O7. The highest BCUT2D eigenvalue weighted by Gasteiger charge is 2.31. The third kappa shape index (κ3) is 9.73. The van der Waals surface area contributed by atoms with Crippen molar-refractivity contribution in [2.75, 3.05) is 32.7 Å². The number of aliphatic carboxylic acids is 1. The molecule has 4 amide bonds. The first kappa shape index (κ1) is 28.4. The maximum absolute atomic E-state index is 12.8. The van der Waals surface area contributed by atoms with E-state index in [2.05, 4.69) is 10.6 Å². The van der Waals surface area contributed by atoms with Crippen LogP contribution in [0.1, 0.15) is 66.2 Å². The monoisotopic (exact) mass is 496 g/mol. The van der Waals surface area contributed by atoms with Gasteiger partial charge in [0.2, 0.25) is 17.7 Å². The Kier molecular flexibility index (Phi) is 10.3. The van der Waals surface area contributed by atoms with Crippen LogP contribution in [-0.2, 0) is 23.9 Å². The van der Waals surface area contributed by atoms with E-state index in [1.54, 1.807) is 9.80 Å². The van der Waals surface area contributed by atoms with Gasteiger partial charge in [0.1, 0.15) is 11.6 Å². The second kappa shape index (κ2) is 12.7. The normalized spacial score (nSPS) is 20.1. The Morgan fingerprint density at radius 2 is 1.69 bits per heavy atom. The van der Waals surface area contributed by atoms with Gasteiger partial charge in [-0.3, -0.25) is 14.4 Å². The fraction of sp³-hybridized carbons (Fsp3) is 0.792. The molecular weight excluding hydrogens is 456 g/mol. The Labute approximate surface area is 206 Å². The summed E-state index contributed by atoms with van der Waals surface area (Å²) in [5.74, 6) is -2.05. The van der Waals surface area contributed by atoms with Crippen LogP contribution < -0.4 is 10.6 Å². The van der Waals surface area contributed by atoms with Gasteiger partial charge in [0.05, 0.1) is 5.92 Å². The lowest BCUT2D eigenvalue weighted by molar-refractivity contribution is -0.141. The molecule has 0 aromatic rings. The quantitative estimate of drug-likeness (QED) is 0.460. The predicted octanol–water partition coefficient (Wildman–Crippen LogP) is 1.36. The summed E-state index contributed by atoms with van der Waals surface area (Å²) in [6.07, 6.45) is 3.83. The lowest BCUT2D eigenvalue weighted by Gasteiger charge is -2.34. The van der Waals surface area contributed by atoms with Crippen LogP contribution in [0.4, 0.5) is 4.79 Å². The van der Waals surface area contributed by atoms with E-state index in [1.807, 2.05) is 20.8 Å². The first-order valence-electron chi connectivity index (χ1n) is 12.4. The van der Waals surface area contributed by atoms with Gasteiger partial charge in [0, 0.05) is 46.1 Å². The van der Waals surface area contributed by atoms with Gasteiger partial charge in [-0.2, -0.15) is 0 Å². The van der Waals surface area contributed by atoms with Crippen LogP contribution in [0, 0.1) is 11.8 Å². The first-order chi connectivity index (χ1) is 16.4. The van der Waals surface area contributed by atoms with Gasteiger partial charge in [0.15, 0.2) is 0 Å². The molecule has 0 bridgehead atoms. The van der Waals surface area contributed by atoms with Gasteiger partial charge in [-0.15, -0.1) is 0 Å². The molecule has 2 fully saturated rings. The van der Waals surface area contributed by atoms with Gasteiger partial charge < -0.3 is 30.3 Å². The lowest BCUT2D eigenvalue weighted by atomic mass is 9.91. The largest absolute Gasteiger partial charge is 0.480 e. The van der Waals surface area contributed by atoms with Crippen molar-refractivity contribution in [3.05, 3.63) is 0 Å². The van der Waals surface area contributed by atoms with Crippen LogP contribution in [-0.4, -0.2) is 89.1 Å². The van der Waals surface area contributed by atoms with E-state index in [1.165, 1.54) is 6.92 Å². The zero-order valence-electron chi connectivity index (χ0n) is 21.3.